The molecule has 1 fully saturated rings. The van der Waals surface area contributed by atoms with E-state index >= 15 is 0 Å². The van der Waals surface area contributed by atoms with Crippen molar-refractivity contribution in [2.24, 2.45) is 11.7 Å². The second-order valence-corrected chi connectivity index (χ2v) is 6.73. The third-order valence-corrected chi connectivity index (χ3v) is 4.57. The van der Waals surface area contributed by atoms with Gasteiger partial charge in [-0.3, -0.25) is 19.2 Å². The predicted octanol–water partition coefficient (Wildman–Crippen LogP) is 0.463. The number of primary amides is 1. The molecule has 0 saturated heterocycles. The summed E-state index contributed by atoms with van der Waals surface area (Å²) >= 11 is 0. The Morgan fingerprint density at radius 1 is 1.19 bits per heavy atom. The minimum Gasteiger partial charge on any atom is -0.368 e. The van der Waals surface area contributed by atoms with Crippen LogP contribution >= 0.6 is 0 Å². The van der Waals surface area contributed by atoms with Crippen LogP contribution in [0.4, 0.5) is 0 Å². The molecule has 7 nitrogen and oxygen atoms in total. The van der Waals surface area contributed by atoms with E-state index in [0.717, 1.165) is 5.56 Å². The molecule has 26 heavy (non-hydrogen) atoms. The number of carbonyl (C=O) groups is 4. The van der Waals surface area contributed by atoms with Crippen molar-refractivity contribution in [1.82, 2.24) is 10.6 Å². The van der Waals surface area contributed by atoms with Crippen molar-refractivity contribution in [3.63, 3.8) is 0 Å². The first-order valence-corrected chi connectivity index (χ1v) is 8.79. The van der Waals surface area contributed by atoms with Crippen molar-refractivity contribution in [3.05, 3.63) is 35.9 Å². The van der Waals surface area contributed by atoms with Crippen LogP contribution in [-0.2, 0) is 25.6 Å². The lowest BCUT2D eigenvalue weighted by molar-refractivity contribution is -0.132. The van der Waals surface area contributed by atoms with Crippen LogP contribution in [0.5, 0.6) is 0 Å². The van der Waals surface area contributed by atoms with Crippen molar-refractivity contribution >= 4 is 23.5 Å². The van der Waals surface area contributed by atoms with Crippen molar-refractivity contribution in [2.75, 3.05) is 0 Å². The standard InChI is InChI=1S/C19H25N3O4/c1-12(23)21-16(10-13-6-3-2-4-7-13)19(26)22-17(18(20)25)14-8-5-9-15(24)11-14/h2-4,6-7,14,16-17H,5,8-11H2,1H3,(H2,20,25)(H,21,23)(H,22,26)/t14-,16-,17+/m0/s1. The maximum Gasteiger partial charge on any atom is 0.243 e. The van der Waals surface area contributed by atoms with Crippen LogP contribution in [0.1, 0.15) is 38.2 Å². The highest BCUT2D eigenvalue weighted by atomic mass is 16.2. The Morgan fingerprint density at radius 3 is 2.46 bits per heavy atom. The van der Waals surface area contributed by atoms with Gasteiger partial charge in [-0.2, -0.15) is 0 Å². The monoisotopic (exact) mass is 359 g/mol. The van der Waals surface area contributed by atoms with E-state index in [4.69, 9.17) is 5.73 Å². The highest BCUT2D eigenvalue weighted by molar-refractivity contribution is 5.92. The number of benzene rings is 1. The SMILES string of the molecule is CC(=O)N[C@@H](Cc1ccccc1)C(=O)N[C@@H](C(N)=O)[C@H]1CCCC(=O)C1. The Morgan fingerprint density at radius 2 is 1.88 bits per heavy atom. The van der Waals surface area contributed by atoms with Gasteiger partial charge in [0.25, 0.3) is 0 Å². The Labute approximate surface area is 152 Å². The van der Waals surface area contributed by atoms with Crippen molar-refractivity contribution in [3.8, 4) is 0 Å². The molecule has 0 aromatic heterocycles. The highest BCUT2D eigenvalue weighted by Crippen LogP contribution is 2.24. The van der Waals surface area contributed by atoms with Gasteiger partial charge in [0.1, 0.15) is 17.9 Å². The third kappa shape index (κ3) is 5.68. The minimum absolute atomic E-state index is 0.0736. The second-order valence-electron chi connectivity index (χ2n) is 6.73. The summed E-state index contributed by atoms with van der Waals surface area (Å²) in [6.07, 6.45) is 2.36. The third-order valence-electron chi connectivity index (χ3n) is 4.57. The lowest BCUT2D eigenvalue weighted by atomic mass is 9.82. The van der Waals surface area contributed by atoms with Crippen LogP contribution < -0.4 is 16.4 Å². The molecule has 2 rings (SSSR count). The fourth-order valence-corrected chi connectivity index (χ4v) is 3.32. The van der Waals surface area contributed by atoms with Gasteiger partial charge in [0, 0.05) is 26.2 Å². The number of ketones is 1. The lowest BCUT2D eigenvalue weighted by Crippen LogP contribution is -2.56. The van der Waals surface area contributed by atoms with Crippen LogP contribution in [-0.4, -0.2) is 35.6 Å². The van der Waals surface area contributed by atoms with Crippen LogP contribution in [0.2, 0.25) is 0 Å². The number of amides is 3. The van der Waals surface area contributed by atoms with E-state index in [1.165, 1.54) is 6.92 Å². The maximum atomic E-state index is 12.7. The summed E-state index contributed by atoms with van der Waals surface area (Å²) in [5.74, 6) is -1.72. The fraction of sp³-hybridized carbons (Fsp3) is 0.474. The Hall–Kier alpha value is -2.70. The predicted molar refractivity (Wildman–Crippen MR) is 95.8 cm³/mol. The van der Waals surface area contributed by atoms with Gasteiger partial charge in [-0.1, -0.05) is 30.3 Å². The molecule has 1 aromatic carbocycles. The first-order chi connectivity index (χ1) is 12.4. The molecule has 0 bridgehead atoms. The zero-order valence-electron chi connectivity index (χ0n) is 14.9. The molecule has 1 aliphatic carbocycles. The number of nitrogens with one attached hydrogen (secondary N) is 2. The van der Waals surface area contributed by atoms with Gasteiger partial charge in [-0.15, -0.1) is 0 Å². The van der Waals surface area contributed by atoms with Gasteiger partial charge in [0.05, 0.1) is 0 Å². The Balaban J connectivity index is 2.10. The van der Waals surface area contributed by atoms with E-state index in [1.54, 1.807) is 0 Å². The van der Waals surface area contributed by atoms with Gasteiger partial charge in [0.2, 0.25) is 17.7 Å². The summed E-state index contributed by atoms with van der Waals surface area (Å²) in [7, 11) is 0. The maximum absolute atomic E-state index is 12.7. The molecule has 3 atom stereocenters. The summed E-state index contributed by atoms with van der Waals surface area (Å²) in [5, 5.41) is 5.27. The number of hydrogen-bond donors (Lipinski definition) is 3. The molecule has 1 aliphatic rings. The van der Waals surface area contributed by atoms with E-state index in [-0.39, 0.29) is 24.0 Å². The zero-order valence-corrected chi connectivity index (χ0v) is 14.9. The van der Waals surface area contributed by atoms with Crippen LogP contribution in [0.3, 0.4) is 0 Å². The lowest BCUT2D eigenvalue weighted by Gasteiger charge is -2.29. The minimum atomic E-state index is -0.918. The molecular formula is C19H25N3O4. The summed E-state index contributed by atoms with van der Waals surface area (Å²) < 4.78 is 0. The Bertz CT molecular complexity index is 675. The first kappa shape index (κ1) is 19.6. The molecule has 4 N–H and O–H groups in total. The number of carbonyl (C=O) groups excluding carboxylic acids is 4. The smallest absolute Gasteiger partial charge is 0.243 e. The molecule has 7 heteroatoms. The van der Waals surface area contributed by atoms with E-state index < -0.39 is 23.9 Å². The van der Waals surface area contributed by atoms with E-state index in [1.807, 2.05) is 30.3 Å². The fourth-order valence-electron chi connectivity index (χ4n) is 3.32. The normalized spacial score (nSPS) is 19.3. The van der Waals surface area contributed by atoms with Crippen LogP contribution in [0, 0.1) is 5.92 Å². The molecule has 0 radical (unpaired) electrons. The summed E-state index contributed by atoms with van der Waals surface area (Å²) in [6.45, 7) is 1.33. The second kappa shape index (κ2) is 9.12. The molecule has 0 spiro atoms. The van der Waals surface area contributed by atoms with Crippen molar-refractivity contribution in [2.45, 2.75) is 51.1 Å². The number of nitrogens with two attached hydrogens (primary N) is 1. The molecule has 140 valence electrons. The largest absolute Gasteiger partial charge is 0.368 e. The van der Waals surface area contributed by atoms with Gasteiger partial charge in [-0.05, 0) is 24.3 Å². The van der Waals surface area contributed by atoms with Crippen LogP contribution in [0.25, 0.3) is 0 Å². The molecule has 0 heterocycles. The van der Waals surface area contributed by atoms with Gasteiger partial charge < -0.3 is 16.4 Å². The molecule has 1 saturated carbocycles. The highest BCUT2D eigenvalue weighted by Gasteiger charge is 2.33. The van der Waals surface area contributed by atoms with Gasteiger partial charge in [0.15, 0.2) is 0 Å². The molecule has 0 unspecified atom stereocenters. The van der Waals surface area contributed by atoms with Crippen LogP contribution in [0.15, 0.2) is 30.3 Å². The summed E-state index contributed by atoms with van der Waals surface area (Å²) in [6, 6.07) is 7.52. The molecule has 0 aliphatic heterocycles. The molecule has 1 aromatic rings. The van der Waals surface area contributed by atoms with E-state index in [0.29, 0.717) is 25.7 Å². The molecular weight excluding hydrogens is 334 g/mol. The average molecular weight is 359 g/mol. The summed E-state index contributed by atoms with van der Waals surface area (Å²) in [5.41, 5.74) is 6.34. The summed E-state index contributed by atoms with van der Waals surface area (Å²) in [4.78, 5) is 47.7. The number of hydrogen-bond acceptors (Lipinski definition) is 4. The topological polar surface area (TPSA) is 118 Å². The zero-order chi connectivity index (χ0) is 19.1. The molecule has 3 amide bonds. The van der Waals surface area contributed by atoms with Crippen molar-refractivity contribution in [1.29, 1.82) is 0 Å². The number of Topliss-reactive ketones (excluding diaryl/α,β-unsaturated/α-hetero) is 1. The Kier molecular flexibility index (Phi) is 6.89. The van der Waals surface area contributed by atoms with Crippen molar-refractivity contribution < 1.29 is 19.2 Å². The van der Waals surface area contributed by atoms with Gasteiger partial charge in [-0.25, -0.2) is 0 Å². The number of rotatable bonds is 7. The van der Waals surface area contributed by atoms with E-state index in [2.05, 4.69) is 10.6 Å². The van der Waals surface area contributed by atoms with Gasteiger partial charge >= 0.3 is 0 Å². The average Bonchev–Trinajstić information content (AvgIpc) is 2.59. The quantitative estimate of drug-likeness (QED) is 0.655. The first-order valence-electron chi connectivity index (χ1n) is 8.79. The van der Waals surface area contributed by atoms with E-state index in [9.17, 15) is 19.2 Å².